The van der Waals surface area contributed by atoms with Crippen LogP contribution in [0, 0.1) is 0 Å². The summed E-state index contributed by atoms with van der Waals surface area (Å²) in [4.78, 5) is 0. The van der Waals surface area contributed by atoms with Gasteiger partial charge < -0.3 is 4.52 Å². The van der Waals surface area contributed by atoms with E-state index in [-0.39, 0.29) is 4.61 Å². The average molecular weight is 334 g/mol. The Morgan fingerprint density at radius 3 is 2.29 bits per heavy atom. The number of halogens is 1. The molecule has 0 aliphatic carbocycles. The standard InChI is InChI=1S/C8H16IO4P/c1-7(2)12-14(10,11-6-9)13-8(3,4)5/h1,6H2,2-5H3. The minimum Gasteiger partial charge on any atom is -0.409 e. The average Bonchev–Trinajstić information content (AvgIpc) is 1.78. The number of alkyl halides is 1. The van der Waals surface area contributed by atoms with Crippen molar-refractivity contribution in [2.75, 3.05) is 4.61 Å². The first-order valence-corrected chi connectivity index (χ1v) is 7.03. The first-order valence-electron chi connectivity index (χ1n) is 4.05. The number of hydrogen-bond acceptors (Lipinski definition) is 4. The largest absolute Gasteiger partial charge is 0.530 e. The zero-order valence-electron chi connectivity index (χ0n) is 8.87. The van der Waals surface area contributed by atoms with E-state index in [0.717, 1.165) is 0 Å². The molecule has 0 N–H and O–H groups in total. The highest BCUT2D eigenvalue weighted by Gasteiger charge is 2.33. The minimum absolute atomic E-state index is 0.235. The summed E-state index contributed by atoms with van der Waals surface area (Å²) in [5.74, 6) is 0.308. The van der Waals surface area contributed by atoms with Crippen molar-refractivity contribution in [2.24, 2.45) is 0 Å². The lowest BCUT2D eigenvalue weighted by Crippen LogP contribution is -2.18. The Hall–Kier alpha value is 0.420. The molecule has 14 heavy (non-hydrogen) atoms. The third-order valence-corrected chi connectivity index (χ3v) is 3.42. The Morgan fingerprint density at radius 1 is 1.50 bits per heavy atom. The topological polar surface area (TPSA) is 44.8 Å². The van der Waals surface area contributed by atoms with Gasteiger partial charge in [-0.05, 0) is 27.7 Å². The van der Waals surface area contributed by atoms with Gasteiger partial charge in [-0.1, -0.05) is 29.2 Å². The molecular weight excluding hydrogens is 318 g/mol. The molecule has 0 spiro atoms. The third kappa shape index (κ3) is 6.81. The van der Waals surface area contributed by atoms with Gasteiger partial charge in [-0.25, -0.2) is 4.57 Å². The lowest BCUT2D eigenvalue weighted by Gasteiger charge is -2.25. The summed E-state index contributed by atoms with van der Waals surface area (Å²) in [7, 11) is -3.50. The first kappa shape index (κ1) is 14.4. The Kier molecular flexibility index (Phi) is 5.65. The van der Waals surface area contributed by atoms with Crippen molar-refractivity contribution in [3.8, 4) is 0 Å². The smallest absolute Gasteiger partial charge is 0.409 e. The Labute approximate surface area is 98.8 Å². The number of phosphoric acid groups is 1. The summed E-state index contributed by atoms with van der Waals surface area (Å²) in [6.07, 6.45) is 0. The fourth-order valence-electron chi connectivity index (χ4n) is 0.657. The van der Waals surface area contributed by atoms with E-state index in [1.54, 1.807) is 27.7 Å². The van der Waals surface area contributed by atoms with Crippen molar-refractivity contribution in [3.63, 3.8) is 0 Å². The summed E-state index contributed by atoms with van der Waals surface area (Å²) in [5.41, 5.74) is -0.587. The molecule has 0 radical (unpaired) electrons. The Balaban J connectivity index is 4.56. The molecule has 84 valence electrons. The van der Waals surface area contributed by atoms with Gasteiger partial charge in [0.2, 0.25) is 0 Å². The van der Waals surface area contributed by atoms with Gasteiger partial charge in [0.1, 0.15) is 4.61 Å². The highest BCUT2D eigenvalue weighted by atomic mass is 127. The van der Waals surface area contributed by atoms with Gasteiger partial charge in [0, 0.05) is 0 Å². The van der Waals surface area contributed by atoms with E-state index in [1.165, 1.54) is 0 Å². The van der Waals surface area contributed by atoms with Gasteiger partial charge in [-0.2, -0.15) is 0 Å². The van der Waals surface area contributed by atoms with Crippen LogP contribution in [-0.4, -0.2) is 10.2 Å². The van der Waals surface area contributed by atoms with Crippen LogP contribution in [0.1, 0.15) is 27.7 Å². The van der Waals surface area contributed by atoms with Crippen LogP contribution in [0.5, 0.6) is 0 Å². The summed E-state index contributed by atoms with van der Waals surface area (Å²) in [6.45, 7) is 10.4. The van der Waals surface area contributed by atoms with Crippen LogP contribution < -0.4 is 0 Å². The second-order valence-electron chi connectivity index (χ2n) is 3.68. The van der Waals surface area contributed by atoms with Crippen molar-refractivity contribution in [3.05, 3.63) is 12.3 Å². The lowest BCUT2D eigenvalue weighted by molar-refractivity contribution is 0.0634. The maximum atomic E-state index is 11.9. The van der Waals surface area contributed by atoms with Gasteiger partial charge in [-0.15, -0.1) is 0 Å². The molecule has 0 amide bonds. The van der Waals surface area contributed by atoms with Gasteiger partial charge in [-0.3, -0.25) is 9.05 Å². The van der Waals surface area contributed by atoms with E-state index in [9.17, 15) is 4.57 Å². The van der Waals surface area contributed by atoms with Crippen molar-refractivity contribution < 1.29 is 18.1 Å². The zero-order valence-corrected chi connectivity index (χ0v) is 11.9. The molecule has 1 unspecified atom stereocenters. The minimum atomic E-state index is -3.50. The second-order valence-corrected chi connectivity index (χ2v) is 5.82. The van der Waals surface area contributed by atoms with Crippen molar-refractivity contribution in [1.29, 1.82) is 0 Å². The van der Waals surface area contributed by atoms with Gasteiger partial charge in [0.25, 0.3) is 0 Å². The normalized spacial score (nSPS) is 16.1. The molecule has 0 aromatic rings. The Morgan fingerprint density at radius 2 is 2.00 bits per heavy atom. The molecule has 0 saturated carbocycles. The van der Waals surface area contributed by atoms with Crippen LogP contribution in [0.3, 0.4) is 0 Å². The quantitative estimate of drug-likeness (QED) is 0.331. The molecule has 0 aromatic carbocycles. The van der Waals surface area contributed by atoms with Crippen molar-refractivity contribution in [1.82, 2.24) is 0 Å². The third-order valence-electron chi connectivity index (χ3n) is 0.860. The molecule has 0 bridgehead atoms. The fourth-order valence-corrected chi connectivity index (χ4v) is 3.00. The maximum Gasteiger partial charge on any atom is 0.530 e. The molecular formula is C8H16IO4P. The number of phosphoric ester groups is 1. The van der Waals surface area contributed by atoms with Crippen LogP contribution in [0.4, 0.5) is 0 Å². The van der Waals surface area contributed by atoms with E-state index in [1.807, 2.05) is 22.6 Å². The monoisotopic (exact) mass is 334 g/mol. The Bertz CT molecular complexity index is 246. The highest BCUT2D eigenvalue weighted by Crippen LogP contribution is 2.54. The van der Waals surface area contributed by atoms with Crippen LogP contribution in [-0.2, 0) is 18.1 Å². The number of allylic oxidation sites excluding steroid dienone is 1. The predicted octanol–water partition coefficient (Wildman–Crippen LogP) is 3.87. The predicted molar refractivity (Wildman–Crippen MR) is 64.3 cm³/mol. The second kappa shape index (κ2) is 5.49. The molecule has 6 heteroatoms. The molecule has 0 aliphatic rings. The molecule has 0 heterocycles. The maximum absolute atomic E-state index is 11.9. The zero-order chi connectivity index (χ0) is 11.4. The van der Waals surface area contributed by atoms with Crippen LogP contribution in [0.15, 0.2) is 12.3 Å². The van der Waals surface area contributed by atoms with Crippen molar-refractivity contribution >= 4 is 30.4 Å². The molecule has 0 fully saturated rings. The van der Waals surface area contributed by atoms with E-state index < -0.39 is 13.4 Å². The van der Waals surface area contributed by atoms with Crippen LogP contribution in [0.2, 0.25) is 0 Å². The van der Waals surface area contributed by atoms with Gasteiger partial charge in [0.15, 0.2) is 0 Å². The summed E-state index contributed by atoms with van der Waals surface area (Å²) >= 11 is 1.93. The van der Waals surface area contributed by atoms with Gasteiger partial charge in [0.05, 0.1) is 11.4 Å². The van der Waals surface area contributed by atoms with E-state index in [0.29, 0.717) is 5.76 Å². The lowest BCUT2D eigenvalue weighted by atomic mass is 10.2. The number of hydrogen-bond donors (Lipinski definition) is 0. The molecule has 0 rings (SSSR count). The van der Waals surface area contributed by atoms with Crippen molar-refractivity contribution in [2.45, 2.75) is 33.3 Å². The molecule has 4 nitrogen and oxygen atoms in total. The molecule has 0 aromatic heterocycles. The van der Waals surface area contributed by atoms with Crippen LogP contribution in [0.25, 0.3) is 0 Å². The summed E-state index contributed by atoms with van der Waals surface area (Å²) < 4.78 is 27.3. The summed E-state index contributed by atoms with van der Waals surface area (Å²) in [5, 5.41) is 0. The molecule has 0 aliphatic heterocycles. The van der Waals surface area contributed by atoms with E-state index in [4.69, 9.17) is 13.6 Å². The van der Waals surface area contributed by atoms with E-state index in [2.05, 4.69) is 6.58 Å². The molecule has 1 atom stereocenters. The highest BCUT2D eigenvalue weighted by molar-refractivity contribution is 14.1. The van der Waals surface area contributed by atoms with Gasteiger partial charge >= 0.3 is 7.82 Å². The first-order chi connectivity index (χ1) is 6.18. The molecule has 0 saturated heterocycles. The fraction of sp³-hybridized carbons (Fsp3) is 0.750. The SMILES string of the molecule is C=C(C)OP(=O)(OCI)OC(C)(C)C. The summed E-state index contributed by atoms with van der Waals surface area (Å²) in [6, 6.07) is 0. The van der Waals surface area contributed by atoms with Crippen LogP contribution >= 0.6 is 30.4 Å². The number of rotatable bonds is 5. The van der Waals surface area contributed by atoms with E-state index >= 15 is 0 Å².